The van der Waals surface area contributed by atoms with Gasteiger partial charge in [-0.25, -0.2) is 4.98 Å². The Balaban J connectivity index is 2.34. The highest BCUT2D eigenvalue weighted by Gasteiger charge is 2.22. The molecular formula is C16H24N2S2. The monoisotopic (exact) mass is 308 g/mol. The van der Waals surface area contributed by atoms with Gasteiger partial charge in [0.25, 0.3) is 0 Å². The molecule has 0 radical (unpaired) electrons. The van der Waals surface area contributed by atoms with E-state index in [2.05, 4.69) is 52.1 Å². The fourth-order valence-corrected chi connectivity index (χ4v) is 4.59. The van der Waals surface area contributed by atoms with E-state index in [9.17, 15) is 0 Å². The van der Waals surface area contributed by atoms with E-state index in [0.29, 0.717) is 0 Å². The first kappa shape index (κ1) is 15.7. The summed E-state index contributed by atoms with van der Waals surface area (Å²) in [6.07, 6.45) is 1.01. The molecule has 0 amide bonds. The van der Waals surface area contributed by atoms with Gasteiger partial charge in [-0.15, -0.1) is 22.7 Å². The maximum atomic E-state index is 4.81. The minimum absolute atomic E-state index is 0.217. The second-order valence-corrected chi connectivity index (χ2v) is 8.43. The van der Waals surface area contributed by atoms with Crippen LogP contribution in [0, 0.1) is 6.92 Å². The van der Waals surface area contributed by atoms with Crippen LogP contribution in [0.1, 0.15) is 59.1 Å². The Morgan fingerprint density at radius 1 is 1.25 bits per heavy atom. The third kappa shape index (κ3) is 3.13. The largest absolute Gasteiger partial charge is 0.307 e. The molecule has 1 atom stereocenters. The van der Waals surface area contributed by atoms with Gasteiger partial charge in [0.2, 0.25) is 0 Å². The van der Waals surface area contributed by atoms with Crippen LogP contribution < -0.4 is 5.32 Å². The first-order valence-corrected chi connectivity index (χ1v) is 8.73. The van der Waals surface area contributed by atoms with E-state index in [0.717, 1.165) is 6.42 Å². The molecule has 4 heteroatoms. The van der Waals surface area contributed by atoms with Crippen molar-refractivity contribution < 1.29 is 0 Å². The van der Waals surface area contributed by atoms with Crippen LogP contribution in [0.15, 0.2) is 12.1 Å². The fourth-order valence-electron chi connectivity index (χ4n) is 2.20. The number of hydrogen-bond donors (Lipinski definition) is 1. The summed E-state index contributed by atoms with van der Waals surface area (Å²) in [4.78, 5) is 8.94. The van der Waals surface area contributed by atoms with Crippen LogP contribution in [0.3, 0.4) is 0 Å². The molecule has 2 rings (SSSR count). The maximum Gasteiger partial charge on any atom is 0.115 e. The van der Waals surface area contributed by atoms with Crippen molar-refractivity contribution in [2.45, 2.75) is 52.5 Å². The molecular weight excluding hydrogens is 284 g/mol. The zero-order valence-electron chi connectivity index (χ0n) is 13.2. The standard InChI is InChI=1S/C16H24N2S2/c1-7-11-10(2)19-15(18-11)14(17-6)12-8-9-13(20-12)16(3,4)5/h8-9,14,17H,7H2,1-6H3. The Morgan fingerprint density at radius 2 is 1.95 bits per heavy atom. The number of nitrogens with zero attached hydrogens (tertiary/aromatic N) is 1. The predicted octanol–water partition coefficient (Wildman–Crippen LogP) is 4.68. The van der Waals surface area contributed by atoms with E-state index in [1.54, 1.807) is 0 Å². The average molecular weight is 309 g/mol. The van der Waals surface area contributed by atoms with Crippen molar-refractivity contribution in [3.05, 3.63) is 37.5 Å². The maximum absolute atomic E-state index is 4.81. The lowest BCUT2D eigenvalue weighted by atomic mass is 9.95. The number of thiophene rings is 1. The molecule has 0 saturated carbocycles. The highest BCUT2D eigenvalue weighted by Crippen LogP contribution is 2.36. The van der Waals surface area contributed by atoms with Gasteiger partial charge in [0.15, 0.2) is 0 Å². The van der Waals surface area contributed by atoms with Gasteiger partial charge < -0.3 is 5.32 Å². The van der Waals surface area contributed by atoms with Gasteiger partial charge in [-0.2, -0.15) is 0 Å². The van der Waals surface area contributed by atoms with Gasteiger partial charge in [-0.05, 0) is 37.9 Å². The van der Waals surface area contributed by atoms with Crippen LogP contribution in [-0.4, -0.2) is 12.0 Å². The highest BCUT2D eigenvalue weighted by atomic mass is 32.1. The first-order chi connectivity index (χ1) is 9.36. The fraction of sp³-hybridized carbons (Fsp3) is 0.562. The normalized spacial score (nSPS) is 13.7. The Bertz CT molecular complexity index is 576. The summed E-state index contributed by atoms with van der Waals surface area (Å²) in [5, 5.41) is 4.61. The van der Waals surface area contributed by atoms with Crippen LogP contribution in [0.5, 0.6) is 0 Å². The minimum atomic E-state index is 0.217. The second-order valence-electron chi connectivity index (χ2n) is 6.08. The van der Waals surface area contributed by atoms with E-state index in [1.165, 1.54) is 25.3 Å². The molecule has 0 spiro atoms. The Morgan fingerprint density at radius 3 is 2.40 bits per heavy atom. The van der Waals surface area contributed by atoms with E-state index in [4.69, 9.17) is 4.98 Å². The molecule has 0 aliphatic rings. The molecule has 1 unspecified atom stereocenters. The summed E-state index contributed by atoms with van der Waals surface area (Å²) in [5.74, 6) is 0. The Labute approximate surface area is 130 Å². The smallest absolute Gasteiger partial charge is 0.115 e. The molecule has 0 aliphatic carbocycles. The Hall–Kier alpha value is -0.710. The highest BCUT2D eigenvalue weighted by molar-refractivity contribution is 7.13. The van der Waals surface area contributed by atoms with Crippen molar-refractivity contribution in [2.24, 2.45) is 0 Å². The van der Waals surface area contributed by atoms with Gasteiger partial charge in [0, 0.05) is 14.6 Å². The van der Waals surface area contributed by atoms with Crippen LogP contribution in [0.25, 0.3) is 0 Å². The summed E-state index contributed by atoms with van der Waals surface area (Å²) in [7, 11) is 2.02. The van der Waals surface area contributed by atoms with Crippen molar-refractivity contribution in [1.29, 1.82) is 0 Å². The number of aromatic nitrogens is 1. The van der Waals surface area contributed by atoms with Crippen LogP contribution in [0.4, 0.5) is 0 Å². The van der Waals surface area contributed by atoms with Crippen LogP contribution >= 0.6 is 22.7 Å². The lowest BCUT2D eigenvalue weighted by molar-refractivity contribution is 0.604. The lowest BCUT2D eigenvalue weighted by Crippen LogP contribution is -2.16. The summed E-state index contributed by atoms with van der Waals surface area (Å²) in [6.45, 7) is 11.1. The third-order valence-electron chi connectivity index (χ3n) is 3.43. The van der Waals surface area contributed by atoms with Crippen molar-refractivity contribution in [3.8, 4) is 0 Å². The molecule has 2 nitrogen and oxygen atoms in total. The minimum Gasteiger partial charge on any atom is -0.307 e. The molecule has 0 aromatic carbocycles. The van der Waals surface area contributed by atoms with Gasteiger partial charge in [-0.3, -0.25) is 0 Å². The third-order valence-corrected chi connectivity index (χ3v) is 6.08. The molecule has 2 aromatic heterocycles. The lowest BCUT2D eigenvalue weighted by Gasteiger charge is -2.16. The SMILES string of the molecule is CCc1nc(C(NC)c2ccc(C(C)(C)C)s2)sc1C. The molecule has 0 fully saturated rings. The number of hydrogen-bond acceptors (Lipinski definition) is 4. The molecule has 0 saturated heterocycles. The summed E-state index contributed by atoms with van der Waals surface area (Å²) < 4.78 is 0. The zero-order chi connectivity index (χ0) is 14.9. The van der Waals surface area contributed by atoms with E-state index in [1.807, 2.05) is 29.7 Å². The van der Waals surface area contributed by atoms with Gasteiger partial charge in [0.05, 0.1) is 11.7 Å². The molecule has 0 aliphatic heterocycles. The first-order valence-electron chi connectivity index (χ1n) is 7.10. The molecule has 2 heterocycles. The summed E-state index contributed by atoms with van der Waals surface area (Å²) >= 11 is 3.71. The number of thiazole rings is 1. The molecule has 0 bridgehead atoms. The van der Waals surface area contributed by atoms with Crippen molar-refractivity contribution in [3.63, 3.8) is 0 Å². The molecule has 1 N–H and O–H groups in total. The van der Waals surface area contributed by atoms with Crippen molar-refractivity contribution in [1.82, 2.24) is 10.3 Å². The van der Waals surface area contributed by atoms with Gasteiger partial charge in [-0.1, -0.05) is 27.7 Å². The number of aryl methyl sites for hydroxylation is 2. The molecule has 2 aromatic rings. The zero-order valence-corrected chi connectivity index (χ0v) is 14.8. The van der Waals surface area contributed by atoms with E-state index < -0.39 is 0 Å². The van der Waals surface area contributed by atoms with Crippen LogP contribution in [0.2, 0.25) is 0 Å². The quantitative estimate of drug-likeness (QED) is 0.887. The molecule has 20 heavy (non-hydrogen) atoms. The van der Waals surface area contributed by atoms with Gasteiger partial charge >= 0.3 is 0 Å². The average Bonchev–Trinajstić information content (AvgIpc) is 2.97. The van der Waals surface area contributed by atoms with Crippen molar-refractivity contribution >= 4 is 22.7 Å². The van der Waals surface area contributed by atoms with E-state index >= 15 is 0 Å². The second kappa shape index (κ2) is 5.96. The van der Waals surface area contributed by atoms with Crippen molar-refractivity contribution in [2.75, 3.05) is 7.05 Å². The molecule has 110 valence electrons. The number of rotatable bonds is 4. The Kier molecular flexibility index (Phi) is 4.67. The predicted molar refractivity (Wildman–Crippen MR) is 90.2 cm³/mol. The summed E-state index contributed by atoms with van der Waals surface area (Å²) in [5.41, 5.74) is 1.45. The van der Waals surface area contributed by atoms with E-state index in [-0.39, 0.29) is 11.5 Å². The van der Waals surface area contributed by atoms with Gasteiger partial charge in [0.1, 0.15) is 5.01 Å². The topological polar surface area (TPSA) is 24.9 Å². The summed E-state index contributed by atoms with van der Waals surface area (Å²) in [6, 6.07) is 4.72. The van der Waals surface area contributed by atoms with Crippen LogP contribution in [-0.2, 0) is 11.8 Å². The number of nitrogens with one attached hydrogen (secondary N) is 1.